The smallest absolute Gasteiger partial charge is 0.236 e. The first-order chi connectivity index (χ1) is 6.72. The Morgan fingerprint density at radius 1 is 1.43 bits per heavy atom. The van der Waals surface area contributed by atoms with Crippen molar-refractivity contribution in [2.75, 3.05) is 20.3 Å². The molecule has 0 heterocycles. The van der Waals surface area contributed by atoms with Gasteiger partial charge in [-0.3, -0.25) is 4.79 Å². The molecule has 0 aromatic heterocycles. The maximum absolute atomic E-state index is 11.2. The zero-order valence-electron chi connectivity index (χ0n) is 9.21. The average molecular weight is 202 g/mol. The molecule has 0 saturated heterocycles. The molecule has 14 heavy (non-hydrogen) atoms. The van der Waals surface area contributed by atoms with Crippen LogP contribution in [0.5, 0.6) is 0 Å². The van der Waals surface area contributed by atoms with Crippen LogP contribution in [0.2, 0.25) is 0 Å². The molecule has 0 unspecified atom stereocenters. The van der Waals surface area contributed by atoms with Gasteiger partial charge in [-0.15, -0.1) is 0 Å². The van der Waals surface area contributed by atoms with E-state index >= 15 is 0 Å². The molecule has 0 bridgehead atoms. The molecule has 84 valence electrons. The molecule has 0 aromatic carbocycles. The third-order valence-electron chi connectivity index (χ3n) is 2.10. The van der Waals surface area contributed by atoms with Gasteiger partial charge in [0.1, 0.15) is 0 Å². The molecule has 1 amide bonds. The van der Waals surface area contributed by atoms with E-state index in [2.05, 4.69) is 5.32 Å². The standard InChI is InChI=1S/C10H22N2O2/c1-3-9(11)10(13)12-7-5-4-6-8-14-2/h9H,3-8,11H2,1-2H3,(H,12,13)/t9-/m0/s1. The zero-order chi connectivity index (χ0) is 10.8. The highest BCUT2D eigenvalue weighted by molar-refractivity contribution is 5.81. The summed E-state index contributed by atoms with van der Waals surface area (Å²) < 4.78 is 4.92. The molecule has 0 radical (unpaired) electrons. The van der Waals surface area contributed by atoms with Crippen molar-refractivity contribution in [3.05, 3.63) is 0 Å². The van der Waals surface area contributed by atoms with Crippen molar-refractivity contribution in [1.82, 2.24) is 5.32 Å². The highest BCUT2D eigenvalue weighted by Gasteiger charge is 2.08. The van der Waals surface area contributed by atoms with E-state index in [-0.39, 0.29) is 11.9 Å². The van der Waals surface area contributed by atoms with Gasteiger partial charge in [-0.2, -0.15) is 0 Å². The lowest BCUT2D eigenvalue weighted by molar-refractivity contribution is -0.122. The summed E-state index contributed by atoms with van der Waals surface area (Å²) in [6.45, 7) is 3.42. The Morgan fingerprint density at radius 3 is 2.71 bits per heavy atom. The monoisotopic (exact) mass is 202 g/mol. The molecule has 0 aliphatic carbocycles. The van der Waals surface area contributed by atoms with Gasteiger partial charge in [0, 0.05) is 20.3 Å². The highest BCUT2D eigenvalue weighted by Crippen LogP contribution is 1.94. The van der Waals surface area contributed by atoms with Gasteiger partial charge in [-0.1, -0.05) is 6.92 Å². The SMILES string of the molecule is CC[C@H](N)C(=O)NCCCCCOC. The van der Waals surface area contributed by atoms with Gasteiger partial charge in [0.25, 0.3) is 0 Å². The summed E-state index contributed by atoms with van der Waals surface area (Å²) in [5.74, 6) is -0.0424. The van der Waals surface area contributed by atoms with Crippen molar-refractivity contribution in [2.45, 2.75) is 38.6 Å². The van der Waals surface area contributed by atoms with Gasteiger partial charge in [0.05, 0.1) is 6.04 Å². The van der Waals surface area contributed by atoms with E-state index < -0.39 is 0 Å². The largest absolute Gasteiger partial charge is 0.385 e. The second kappa shape index (κ2) is 8.97. The molecule has 4 nitrogen and oxygen atoms in total. The third kappa shape index (κ3) is 6.86. The van der Waals surface area contributed by atoms with Crippen LogP contribution in [0.25, 0.3) is 0 Å². The molecule has 0 aliphatic rings. The summed E-state index contributed by atoms with van der Waals surface area (Å²) >= 11 is 0. The molecule has 1 atom stereocenters. The fraction of sp³-hybridized carbons (Fsp3) is 0.900. The van der Waals surface area contributed by atoms with Gasteiger partial charge in [0.2, 0.25) is 5.91 Å². The minimum atomic E-state index is -0.353. The van der Waals surface area contributed by atoms with Gasteiger partial charge in [0.15, 0.2) is 0 Å². The van der Waals surface area contributed by atoms with Crippen molar-refractivity contribution in [3.63, 3.8) is 0 Å². The molecule has 0 rings (SSSR count). The van der Waals surface area contributed by atoms with Crippen molar-refractivity contribution >= 4 is 5.91 Å². The summed E-state index contributed by atoms with van der Waals surface area (Å²) in [6, 6.07) is -0.353. The van der Waals surface area contributed by atoms with Crippen molar-refractivity contribution in [1.29, 1.82) is 0 Å². The molecule has 0 spiro atoms. The van der Waals surface area contributed by atoms with E-state index in [4.69, 9.17) is 10.5 Å². The molecule has 0 fully saturated rings. The Labute approximate surface area is 86.2 Å². The van der Waals surface area contributed by atoms with Crippen LogP contribution in [0, 0.1) is 0 Å². The zero-order valence-corrected chi connectivity index (χ0v) is 9.21. The van der Waals surface area contributed by atoms with E-state index in [9.17, 15) is 4.79 Å². The van der Waals surface area contributed by atoms with E-state index in [0.717, 1.165) is 32.4 Å². The number of carbonyl (C=O) groups excluding carboxylic acids is 1. The lowest BCUT2D eigenvalue weighted by atomic mass is 10.2. The maximum atomic E-state index is 11.2. The Hall–Kier alpha value is -0.610. The van der Waals surface area contributed by atoms with Crippen LogP contribution in [0.3, 0.4) is 0 Å². The lowest BCUT2D eigenvalue weighted by Gasteiger charge is -2.09. The number of ether oxygens (including phenoxy) is 1. The number of nitrogens with one attached hydrogen (secondary N) is 1. The number of amides is 1. The molecular weight excluding hydrogens is 180 g/mol. The normalized spacial score (nSPS) is 12.5. The number of unbranched alkanes of at least 4 members (excludes halogenated alkanes) is 2. The first kappa shape index (κ1) is 13.4. The molecule has 0 aliphatic heterocycles. The molecule has 3 N–H and O–H groups in total. The first-order valence-corrected chi connectivity index (χ1v) is 5.24. The summed E-state index contributed by atoms with van der Waals surface area (Å²) in [4.78, 5) is 11.2. The Kier molecular flexibility index (Phi) is 8.57. The van der Waals surface area contributed by atoms with Crippen LogP contribution in [-0.4, -0.2) is 32.2 Å². The molecule has 0 aromatic rings. The number of hydrogen-bond acceptors (Lipinski definition) is 3. The highest BCUT2D eigenvalue weighted by atomic mass is 16.5. The topological polar surface area (TPSA) is 64.4 Å². The number of methoxy groups -OCH3 is 1. The van der Waals surface area contributed by atoms with Crippen LogP contribution >= 0.6 is 0 Å². The number of nitrogens with two attached hydrogens (primary N) is 1. The summed E-state index contributed by atoms with van der Waals surface area (Å²) in [5.41, 5.74) is 5.55. The van der Waals surface area contributed by atoms with Crippen LogP contribution in [0.4, 0.5) is 0 Å². The van der Waals surface area contributed by atoms with E-state index in [1.54, 1.807) is 7.11 Å². The van der Waals surface area contributed by atoms with Crippen molar-refractivity contribution < 1.29 is 9.53 Å². The lowest BCUT2D eigenvalue weighted by Crippen LogP contribution is -2.40. The Balaban J connectivity index is 3.23. The summed E-state index contributed by atoms with van der Waals surface area (Å²) in [6.07, 6.45) is 3.81. The van der Waals surface area contributed by atoms with E-state index in [1.165, 1.54) is 0 Å². The summed E-state index contributed by atoms with van der Waals surface area (Å²) in [7, 11) is 1.70. The molecular formula is C10H22N2O2. The minimum Gasteiger partial charge on any atom is -0.385 e. The van der Waals surface area contributed by atoms with Gasteiger partial charge >= 0.3 is 0 Å². The molecule has 0 saturated carbocycles. The number of hydrogen-bond donors (Lipinski definition) is 2. The second-order valence-corrected chi connectivity index (χ2v) is 3.36. The van der Waals surface area contributed by atoms with Crippen molar-refractivity contribution in [3.8, 4) is 0 Å². The van der Waals surface area contributed by atoms with Crippen LogP contribution < -0.4 is 11.1 Å². The predicted molar refractivity (Wildman–Crippen MR) is 57.0 cm³/mol. The van der Waals surface area contributed by atoms with Crippen LogP contribution in [0.1, 0.15) is 32.6 Å². The van der Waals surface area contributed by atoms with Gasteiger partial charge in [-0.05, 0) is 25.7 Å². The average Bonchev–Trinajstić information content (AvgIpc) is 2.21. The van der Waals surface area contributed by atoms with Gasteiger partial charge < -0.3 is 15.8 Å². The second-order valence-electron chi connectivity index (χ2n) is 3.36. The third-order valence-corrected chi connectivity index (χ3v) is 2.10. The fourth-order valence-corrected chi connectivity index (χ4v) is 1.08. The number of rotatable bonds is 8. The predicted octanol–water partition coefficient (Wildman–Crippen LogP) is 0.657. The number of carbonyl (C=O) groups is 1. The first-order valence-electron chi connectivity index (χ1n) is 5.24. The molecule has 4 heteroatoms. The van der Waals surface area contributed by atoms with Crippen LogP contribution in [-0.2, 0) is 9.53 Å². The Bertz CT molecular complexity index is 151. The van der Waals surface area contributed by atoms with E-state index in [0.29, 0.717) is 6.42 Å². The quantitative estimate of drug-likeness (QED) is 0.568. The van der Waals surface area contributed by atoms with E-state index in [1.807, 2.05) is 6.92 Å². The fourth-order valence-electron chi connectivity index (χ4n) is 1.08. The van der Waals surface area contributed by atoms with Crippen LogP contribution in [0.15, 0.2) is 0 Å². The minimum absolute atomic E-state index is 0.0424. The Morgan fingerprint density at radius 2 is 2.14 bits per heavy atom. The summed E-state index contributed by atoms with van der Waals surface area (Å²) in [5, 5.41) is 2.81. The maximum Gasteiger partial charge on any atom is 0.236 e. The van der Waals surface area contributed by atoms with Crippen molar-refractivity contribution in [2.24, 2.45) is 5.73 Å². The van der Waals surface area contributed by atoms with Gasteiger partial charge in [-0.25, -0.2) is 0 Å².